The minimum absolute atomic E-state index is 0.0123. The number of nitrogens with zero attached hydrogens (tertiary/aromatic N) is 2. The molecule has 0 aliphatic rings. The Hall–Kier alpha value is -2.40. The lowest BCUT2D eigenvalue weighted by Gasteiger charge is -2.19. The van der Waals surface area contributed by atoms with Crippen LogP contribution in [-0.2, 0) is 10.0 Å². The molecule has 0 saturated heterocycles. The lowest BCUT2D eigenvalue weighted by atomic mass is 10.2. The van der Waals surface area contributed by atoms with Crippen molar-refractivity contribution in [2.75, 3.05) is 18.4 Å². The lowest BCUT2D eigenvalue weighted by Crippen LogP contribution is -2.31. The molecular weight excluding hydrogens is 468 g/mol. The molecule has 6 nitrogen and oxygen atoms in total. The van der Waals surface area contributed by atoms with Crippen molar-refractivity contribution >= 4 is 44.0 Å². The van der Waals surface area contributed by atoms with Crippen molar-refractivity contribution in [3.63, 3.8) is 0 Å². The molecule has 1 aromatic heterocycles. The third kappa shape index (κ3) is 4.93. The zero-order valence-corrected chi connectivity index (χ0v) is 18.9. The third-order valence-corrected chi connectivity index (χ3v) is 7.75. The molecule has 0 atom stereocenters. The molecule has 0 unspecified atom stereocenters. The van der Waals surface area contributed by atoms with E-state index in [9.17, 15) is 22.0 Å². The van der Waals surface area contributed by atoms with Gasteiger partial charge in [0.25, 0.3) is 5.91 Å². The highest BCUT2D eigenvalue weighted by molar-refractivity contribution is 7.89. The number of rotatable bonds is 7. The number of carbonyl (C=O) groups excluding carboxylic acids is 1. The number of hydrogen-bond donors (Lipinski definition) is 1. The largest absolute Gasteiger partial charge is 0.298 e. The minimum Gasteiger partial charge on any atom is -0.298 e. The highest BCUT2D eigenvalue weighted by Gasteiger charge is 2.25. The number of halogens is 3. The van der Waals surface area contributed by atoms with Gasteiger partial charge in [0.15, 0.2) is 16.8 Å². The summed E-state index contributed by atoms with van der Waals surface area (Å²) in [7, 11) is -3.86. The fraction of sp³-hybridized carbons (Fsp3) is 0.200. The molecule has 0 spiro atoms. The van der Waals surface area contributed by atoms with Crippen molar-refractivity contribution in [3.05, 3.63) is 64.0 Å². The van der Waals surface area contributed by atoms with Gasteiger partial charge in [-0.25, -0.2) is 22.2 Å². The van der Waals surface area contributed by atoms with Crippen LogP contribution in [0.25, 0.3) is 11.3 Å². The molecule has 164 valence electrons. The summed E-state index contributed by atoms with van der Waals surface area (Å²) in [5, 5.41) is 4.39. The standard InChI is InChI=1S/C20H18ClF2N3O3S2/c1-3-26(4-2)31(28,29)18-10-13(5-7-14(18)21)19(27)25-20-24-17(11-30-20)12-6-8-15(22)16(23)9-12/h5-11H,3-4H2,1-2H3,(H,24,25,27). The molecule has 31 heavy (non-hydrogen) atoms. The number of anilines is 1. The van der Waals surface area contributed by atoms with Gasteiger partial charge in [-0.2, -0.15) is 4.31 Å². The van der Waals surface area contributed by atoms with Crippen molar-refractivity contribution in [2.24, 2.45) is 0 Å². The predicted octanol–water partition coefficient (Wildman–Crippen LogP) is 5.02. The number of amides is 1. The molecule has 2 aromatic carbocycles. The molecule has 0 fully saturated rings. The Morgan fingerprint density at radius 2 is 1.84 bits per heavy atom. The molecule has 0 radical (unpaired) electrons. The van der Waals surface area contributed by atoms with E-state index in [2.05, 4.69) is 10.3 Å². The molecule has 0 aliphatic heterocycles. The van der Waals surface area contributed by atoms with E-state index in [1.165, 1.54) is 28.6 Å². The first kappa shape index (κ1) is 23.3. The Balaban J connectivity index is 1.85. The number of hydrogen-bond acceptors (Lipinski definition) is 5. The van der Waals surface area contributed by atoms with Gasteiger partial charge in [-0.15, -0.1) is 11.3 Å². The lowest BCUT2D eigenvalue weighted by molar-refractivity contribution is 0.102. The zero-order chi connectivity index (χ0) is 22.8. The van der Waals surface area contributed by atoms with E-state index in [1.807, 2.05) is 0 Å². The summed E-state index contributed by atoms with van der Waals surface area (Å²) in [6.45, 7) is 3.94. The molecule has 11 heteroatoms. The van der Waals surface area contributed by atoms with Crippen LogP contribution in [0, 0.1) is 11.6 Å². The van der Waals surface area contributed by atoms with E-state index in [-0.39, 0.29) is 33.7 Å². The summed E-state index contributed by atoms with van der Waals surface area (Å²) in [5.41, 5.74) is 0.801. The predicted molar refractivity (Wildman–Crippen MR) is 117 cm³/mol. The van der Waals surface area contributed by atoms with Crippen LogP contribution in [0.4, 0.5) is 13.9 Å². The average Bonchev–Trinajstić information content (AvgIpc) is 3.19. The molecule has 0 bridgehead atoms. The average molecular weight is 486 g/mol. The highest BCUT2D eigenvalue weighted by atomic mass is 35.5. The van der Waals surface area contributed by atoms with Crippen molar-refractivity contribution in [3.8, 4) is 11.3 Å². The fourth-order valence-electron chi connectivity index (χ4n) is 2.83. The van der Waals surface area contributed by atoms with Gasteiger partial charge >= 0.3 is 0 Å². The summed E-state index contributed by atoms with van der Waals surface area (Å²) in [4.78, 5) is 16.7. The summed E-state index contributed by atoms with van der Waals surface area (Å²) < 4.78 is 53.4. The second-order valence-electron chi connectivity index (χ2n) is 6.36. The smallest absolute Gasteiger partial charge is 0.257 e. The maximum Gasteiger partial charge on any atom is 0.257 e. The van der Waals surface area contributed by atoms with Gasteiger partial charge in [0.2, 0.25) is 10.0 Å². The summed E-state index contributed by atoms with van der Waals surface area (Å²) >= 11 is 7.18. The van der Waals surface area contributed by atoms with E-state index in [0.29, 0.717) is 11.3 Å². The number of benzene rings is 2. The number of nitrogens with one attached hydrogen (secondary N) is 1. The maximum atomic E-state index is 13.4. The van der Waals surface area contributed by atoms with Crippen molar-refractivity contribution in [1.29, 1.82) is 0 Å². The summed E-state index contributed by atoms with van der Waals surface area (Å²) in [6, 6.07) is 7.36. The van der Waals surface area contributed by atoms with Crippen LogP contribution < -0.4 is 5.32 Å². The molecule has 1 N–H and O–H groups in total. The van der Waals surface area contributed by atoms with Crippen molar-refractivity contribution in [2.45, 2.75) is 18.7 Å². The minimum atomic E-state index is -3.86. The van der Waals surface area contributed by atoms with Gasteiger partial charge in [0.05, 0.1) is 10.7 Å². The first-order valence-corrected chi connectivity index (χ1v) is 11.9. The van der Waals surface area contributed by atoms with Crippen LogP contribution in [0.15, 0.2) is 46.7 Å². The molecule has 3 aromatic rings. The monoisotopic (exact) mass is 485 g/mol. The van der Waals surface area contributed by atoms with E-state index in [1.54, 1.807) is 19.2 Å². The van der Waals surface area contributed by atoms with Crippen molar-refractivity contribution in [1.82, 2.24) is 9.29 Å². The van der Waals surface area contributed by atoms with E-state index < -0.39 is 27.6 Å². The maximum absolute atomic E-state index is 13.4. The van der Waals surface area contributed by atoms with Gasteiger partial charge < -0.3 is 0 Å². The van der Waals surface area contributed by atoms with Gasteiger partial charge in [-0.1, -0.05) is 25.4 Å². The highest BCUT2D eigenvalue weighted by Crippen LogP contribution is 2.28. The molecule has 0 aliphatic carbocycles. The van der Waals surface area contributed by atoms with Crippen LogP contribution in [0.2, 0.25) is 5.02 Å². The number of thiazole rings is 1. The Morgan fingerprint density at radius 3 is 2.48 bits per heavy atom. The Bertz CT molecular complexity index is 1230. The Labute approximate surface area is 187 Å². The molecule has 3 rings (SSSR count). The number of aromatic nitrogens is 1. The SMILES string of the molecule is CCN(CC)S(=O)(=O)c1cc(C(=O)Nc2nc(-c3ccc(F)c(F)c3)cs2)ccc1Cl. The first-order chi connectivity index (χ1) is 14.7. The molecule has 1 heterocycles. The molecule has 1 amide bonds. The topological polar surface area (TPSA) is 79.4 Å². The van der Waals surface area contributed by atoms with Crippen LogP contribution in [0.3, 0.4) is 0 Å². The summed E-state index contributed by atoms with van der Waals surface area (Å²) in [5.74, 6) is -2.55. The van der Waals surface area contributed by atoms with Crippen LogP contribution in [0.1, 0.15) is 24.2 Å². The van der Waals surface area contributed by atoms with E-state index in [4.69, 9.17) is 11.6 Å². The zero-order valence-electron chi connectivity index (χ0n) is 16.5. The molecular formula is C20H18ClF2N3O3S2. The van der Waals surface area contributed by atoms with Crippen LogP contribution in [-0.4, -0.2) is 36.7 Å². The van der Waals surface area contributed by atoms with Gasteiger partial charge in [-0.3, -0.25) is 10.1 Å². The second kappa shape index (κ2) is 9.39. The second-order valence-corrected chi connectivity index (χ2v) is 9.53. The Kier molecular flexibility index (Phi) is 7.05. The summed E-state index contributed by atoms with van der Waals surface area (Å²) in [6.07, 6.45) is 0. The quantitative estimate of drug-likeness (QED) is 0.509. The fourth-order valence-corrected chi connectivity index (χ4v) is 5.51. The van der Waals surface area contributed by atoms with Crippen molar-refractivity contribution < 1.29 is 22.0 Å². The Morgan fingerprint density at radius 1 is 1.13 bits per heavy atom. The number of carbonyl (C=O) groups is 1. The van der Waals surface area contributed by atoms with Crippen LogP contribution in [0.5, 0.6) is 0 Å². The van der Waals surface area contributed by atoms with E-state index in [0.717, 1.165) is 23.5 Å². The number of sulfonamides is 1. The third-order valence-electron chi connectivity index (χ3n) is 4.46. The first-order valence-electron chi connectivity index (χ1n) is 9.19. The van der Waals surface area contributed by atoms with Crippen LogP contribution >= 0.6 is 22.9 Å². The molecule has 0 saturated carbocycles. The van der Waals surface area contributed by atoms with Gasteiger partial charge in [-0.05, 0) is 36.4 Å². The van der Waals surface area contributed by atoms with E-state index >= 15 is 0 Å². The van der Waals surface area contributed by atoms with Gasteiger partial charge in [0, 0.05) is 29.6 Å². The van der Waals surface area contributed by atoms with Gasteiger partial charge in [0.1, 0.15) is 4.90 Å². The normalized spacial score (nSPS) is 11.7.